The first-order valence-corrected chi connectivity index (χ1v) is 8.53. The van der Waals surface area contributed by atoms with Crippen LogP contribution in [-0.2, 0) is 20.8 Å². The minimum atomic E-state index is -0.888. The lowest BCUT2D eigenvalue weighted by Gasteiger charge is -2.20. The van der Waals surface area contributed by atoms with Crippen molar-refractivity contribution in [2.24, 2.45) is 17.2 Å². The van der Waals surface area contributed by atoms with Crippen LogP contribution >= 0.6 is 0 Å². The highest BCUT2D eigenvalue weighted by atomic mass is 16.2. The molecule has 10 heteroatoms. The molecular weight excluding hydrogens is 350 g/mol. The number of nitrogens with two attached hydrogens (primary N) is 3. The highest BCUT2D eigenvalue weighted by Crippen LogP contribution is 2.04. The summed E-state index contributed by atoms with van der Waals surface area (Å²) in [4.78, 5) is 35.5. The Morgan fingerprint density at radius 1 is 1.04 bits per heavy atom. The van der Waals surface area contributed by atoms with Crippen molar-refractivity contribution in [1.82, 2.24) is 16.0 Å². The first-order valence-electron chi connectivity index (χ1n) is 8.53. The molecule has 148 valence electrons. The van der Waals surface area contributed by atoms with E-state index in [1.807, 2.05) is 30.3 Å². The summed E-state index contributed by atoms with van der Waals surface area (Å²) in [5.74, 6) is -1.82. The van der Waals surface area contributed by atoms with Gasteiger partial charge in [-0.05, 0) is 18.4 Å². The summed E-state index contributed by atoms with van der Waals surface area (Å²) in [5, 5.41) is 14.7. The Morgan fingerprint density at radius 2 is 1.70 bits per heavy atom. The zero-order valence-corrected chi connectivity index (χ0v) is 15.0. The molecule has 1 aromatic carbocycles. The van der Waals surface area contributed by atoms with Crippen LogP contribution in [0.1, 0.15) is 18.4 Å². The van der Waals surface area contributed by atoms with Crippen LogP contribution in [-0.4, -0.2) is 48.9 Å². The zero-order valence-electron chi connectivity index (χ0n) is 15.0. The molecule has 10 N–H and O–H groups in total. The van der Waals surface area contributed by atoms with Gasteiger partial charge in [-0.3, -0.25) is 19.8 Å². The number of carbonyl (C=O) groups is 3. The van der Waals surface area contributed by atoms with E-state index in [9.17, 15) is 14.4 Å². The van der Waals surface area contributed by atoms with E-state index in [0.29, 0.717) is 19.4 Å². The van der Waals surface area contributed by atoms with Gasteiger partial charge in [0.1, 0.15) is 6.04 Å². The molecule has 0 spiro atoms. The second-order valence-electron chi connectivity index (χ2n) is 6.02. The van der Waals surface area contributed by atoms with Gasteiger partial charge in [0.15, 0.2) is 5.96 Å². The monoisotopic (exact) mass is 377 g/mol. The van der Waals surface area contributed by atoms with E-state index >= 15 is 0 Å². The van der Waals surface area contributed by atoms with Crippen molar-refractivity contribution < 1.29 is 14.4 Å². The fourth-order valence-corrected chi connectivity index (χ4v) is 2.31. The van der Waals surface area contributed by atoms with E-state index in [2.05, 4.69) is 16.0 Å². The summed E-state index contributed by atoms with van der Waals surface area (Å²) in [7, 11) is 0. The van der Waals surface area contributed by atoms with Gasteiger partial charge in [-0.1, -0.05) is 30.3 Å². The van der Waals surface area contributed by atoms with Crippen molar-refractivity contribution >= 4 is 23.7 Å². The van der Waals surface area contributed by atoms with Gasteiger partial charge in [0.05, 0.1) is 12.6 Å². The number of carbonyl (C=O) groups excluding carboxylic acids is 3. The molecule has 0 unspecified atom stereocenters. The van der Waals surface area contributed by atoms with Gasteiger partial charge in [-0.15, -0.1) is 0 Å². The molecule has 0 heterocycles. The Hall–Kier alpha value is -3.14. The van der Waals surface area contributed by atoms with Crippen LogP contribution in [0.2, 0.25) is 0 Å². The van der Waals surface area contributed by atoms with Gasteiger partial charge in [-0.2, -0.15) is 0 Å². The van der Waals surface area contributed by atoms with E-state index in [1.54, 1.807) is 0 Å². The molecular formula is C17H27N7O3. The van der Waals surface area contributed by atoms with Crippen LogP contribution in [0.15, 0.2) is 30.3 Å². The number of primary amides is 1. The standard InChI is InChI=1S/C17H27N7O3/c18-12(7-4-8-22-17(20)21)15(26)24-13(16(27)23-10-14(19)25)9-11-5-2-1-3-6-11/h1-3,5-6,12-13H,4,7-10,18H2,(H2,19,25)(H,23,27)(H,24,26)(H4,20,21,22)/t12-,13+/m1/s1. The summed E-state index contributed by atoms with van der Waals surface area (Å²) >= 11 is 0. The second kappa shape index (κ2) is 11.5. The molecule has 0 bridgehead atoms. The second-order valence-corrected chi connectivity index (χ2v) is 6.02. The molecule has 0 aromatic heterocycles. The van der Waals surface area contributed by atoms with E-state index in [4.69, 9.17) is 22.6 Å². The molecule has 1 rings (SSSR count). The maximum absolute atomic E-state index is 12.3. The maximum atomic E-state index is 12.3. The van der Waals surface area contributed by atoms with Crippen molar-refractivity contribution in [2.45, 2.75) is 31.3 Å². The molecule has 2 atom stereocenters. The smallest absolute Gasteiger partial charge is 0.243 e. The summed E-state index contributed by atoms with van der Waals surface area (Å²) in [5.41, 5.74) is 16.9. The third kappa shape index (κ3) is 9.21. The molecule has 0 aliphatic heterocycles. The molecule has 3 amide bonds. The molecule has 10 nitrogen and oxygen atoms in total. The van der Waals surface area contributed by atoms with E-state index < -0.39 is 29.8 Å². The minimum absolute atomic E-state index is 0.151. The van der Waals surface area contributed by atoms with Crippen molar-refractivity contribution in [2.75, 3.05) is 13.1 Å². The highest BCUT2D eigenvalue weighted by molar-refractivity contribution is 5.91. The molecule has 0 radical (unpaired) electrons. The Balaban J connectivity index is 2.65. The van der Waals surface area contributed by atoms with Crippen molar-refractivity contribution in [3.63, 3.8) is 0 Å². The van der Waals surface area contributed by atoms with E-state index in [1.165, 1.54) is 0 Å². The topological polar surface area (TPSA) is 189 Å². The predicted octanol–water partition coefficient (Wildman–Crippen LogP) is -2.09. The number of hydrogen-bond donors (Lipinski definition) is 7. The lowest BCUT2D eigenvalue weighted by atomic mass is 10.0. The van der Waals surface area contributed by atoms with Crippen LogP contribution in [0.5, 0.6) is 0 Å². The van der Waals surface area contributed by atoms with Crippen LogP contribution in [0.4, 0.5) is 0 Å². The number of benzene rings is 1. The number of nitrogens with one attached hydrogen (secondary N) is 4. The quantitative estimate of drug-likeness (QED) is 0.131. The van der Waals surface area contributed by atoms with E-state index in [0.717, 1.165) is 5.56 Å². The largest absolute Gasteiger partial charge is 0.370 e. The summed E-state index contributed by atoms with van der Waals surface area (Å²) in [6, 6.07) is 7.44. The number of amides is 3. The van der Waals surface area contributed by atoms with E-state index in [-0.39, 0.29) is 18.9 Å². The third-order valence-electron chi connectivity index (χ3n) is 3.70. The van der Waals surface area contributed by atoms with Crippen molar-refractivity contribution in [1.29, 1.82) is 5.41 Å². The first-order chi connectivity index (χ1) is 12.8. The Bertz CT molecular complexity index is 651. The lowest BCUT2D eigenvalue weighted by molar-refractivity contribution is -0.130. The molecule has 0 fully saturated rings. The average Bonchev–Trinajstić information content (AvgIpc) is 2.63. The maximum Gasteiger partial charge on any atom is 0.243 e. The van der Waals surface area contributed by atoms with Gasteiger partial charge < -0.3 is 33.2 Å². The molecule has 0 aliphatic rings. The lowest BCUT2D eigenvalue weighted by Crippen LogP contribution is -2.53. The fourth-order valence-electron chi connectivity index (χ4n) is 2.31. The summed E-state index contributed by atoms with van der Waals surface area (Å²) in [6.45, 7) is 0.103. The molecule has 0 saturated carbocycles. The number of rotatable bonds is 11. The third-order valence-corrected chi connectivity index (χ3v) is 3.70. The van der Waals surface area contributed by atoms with Crippen molar-refractivity contribution in [3.05, 3.63) is 35.9 Å². The van der Waals surface area contributed by atoms with Gasteiger partial charge in [-0.25, -0.2) is 0 Å². The molecule has 0 saturated heterocycles. The predicted molar refractivity (Wildman–Crippen MR) is 101 cm³/mol. The summed E-state index contributed by atoms with van der Waals surface area (Å²) in [6.07, 6.45) is 1.13. The Labute approximate surface area is 157 Å². The average molecular weight is 377 g/mol. The SMILES string of the molecule is N=C(N)NCCC[C@@H](N)C(=O)N[C@@H](Cc1ccccc1)C(=O)NCC(N)=O. The number of guanidine groups is 1. The Kier molecular flexibility index (Phi) is 9.30. The van der Waals surface area contributed by atoms with Gasteiger partial charge in [0.2, 0.25) is 17.7 Å². The molecule has 27 heavy (non-hydrogen) atoms. The van der Waals surface area contributed by atoms with Crippen LogP contribution < -0.4 is 33.2 Å². The highest BCUT2D eigenvalue weighted by Gasteiger charge is 2.24. The van der Waals surface area contributed by atoms with Gasteiger partial charge >= 0.3 is 0 Å². The molecule has 0 aliphatic carbocycles. The fraction of sp³-hybridized carbons (Fsp3) is 0.412. The van der Waals surface area contributed by atoms with Crippen LogP contribution in [0, 0.1) is 5.41 Å². The molecule has 1 aromatic rings. The van der Waals surface area contributed by atoms with Gasteiger partial charge in [0.25, 0.3) is 0 Å². The Morgan fingerprint density at radius 3 is 2.30 bits per heavy atom. The summed E-state index contributed by atoms with van der Waals surface area (Å²) < 4.78 is 0. The van der Waals surface area contributed by atoms with Crippen LogP contribution in [0.3, 0.4) is 0 Å². The van der Waals surface area contributed by atoms with Gasteiger partial charge in [0, 0.05) is 13.0 Å². The van der Waals surface area contributed by atoms with Crippen molar-refractivity contribution in [3.8, 4) is 0 Å². The first kappa shape index (κ1) is 21.9. The zero-order chi connectivity index (χ0) is 20.2. The van der Waals surface area contributed by atoms with Crippen LogP contribution in [0.25, 0.3) is 0 Å². The minimum Gasteiger partial charge on any atom is -0.370 e. The number of hydrogen-bond acceptors (Lipinski definition) is 5. The normalized spacial score (nSPS) is 12.5.